The van der Waals surface area contributed by atoms with Crippen molar-refractivity contribution >= 4 is 11.4 Å². The van der Waals surface area contributed by atoms with Crippen molar-refractivity contribution in [3.63, 3.8) is 0 Å². The molecule has 24 heavy (non-hydrogen) atoms. The van der Waals surface area contributed by atoms with Crippen LogP contribution in [0.1, 0.15) is 0 Å². The van der Waals surface area contributed by atoms with Crippen LogP contribution in [0.3, 0.4) is 0 Å². The second kappa shape index (κ2) is 7.02. The largest absolute Gasteiger partial charge is 0.455 e. The number of hydrogen-bond acceptors (Lipinski definition) is 10. The van der Waals surface area contributed by atoms with Gasteiger partial charge in [-0.15, -0.1) is 0 Å². The Morgan fingerprint density at radius 2 is 1.75 bits per heavy atom. The van der Waals surface area contributed by atoms with Gasteiger partial charge in [0.1, 0.15) is 24.4 Å². The third-order valence-electron chi connectivity index (χ3n) is 3.44. The fourth-order valence-corrected chi connectivity index (χ4v) is 2.15. The van der Waals surface area contributed by atoms with Gasteiger partial charge in [-0.1, -0.05) is 0 Å². The topological polar surface area (TPSA) is 186 Å². The summed E-state index contributed by atoms with van der Waals surface area (Å²) >= 11 is 0. The first kappa shape index (κ1) is 18.0. The summed E-state index contributed by atoms with van der Waals surface area (Å²) in [6.45, 7) is -0.701. The summed E-state index contributed by atoms with van der Waals surface area (Å²) in [4.78, 5) is 20.0. The summed E-state index contributed by atoms with van der Waals surface area (Å²) < 4.78 is 10.2. The molecule has 4 N–H and O–H groups in total. The van der Waals surface area contributed by atoms with E-state index < -0.39 is 64.3 Å². The summed E-state index contributed by atoms with van der Waals surface area (Å²) in [6.07, 6.45) is -8.00. The molecule has 1 fully saturated rings. The molecule has 2 rings (SSSR count). The zero-order valence-corrected chi connectivity index (χ0v) is 12.0. The Bertz CT molecular complexity index is 636. The monoisotopic (exact) mass is 346 g/mol. The van der Waals surface area contributed by atoms with E-state index in [1.165, 1.54) is 0 Å². The maximum atomic E-state index is 11.0. The van der Waals surface area contributed by atoms with E-state index in [-0.39, 0.29) is 0 Å². The molecule has 1 heterocycles. The van der Waals surface area contributed by atoms with E-state index in [1.807, 2.05) is 0 Å². The third kappa shape index (κ3) is 3.42. The van der Waals surface area contributed by atoms with Crippen molar-refractivity contribution in [2.75, 3.05) is 6.61 Å². The molecule has 0 bridgehead atoms. The van der Waals surface area contributed by atoms with E-state index in [2.05, 4.69) is 0 Å². The van der Waals surface area contributed by atoms with Crippen LogP contribution in [0, 0.1) is 20.2 Å². The minimum absolute atomic E-state index is 0.449. The molecule has 12 nitrogen and oxygen atoms in total. The molecule has 0 radical (unpaired) electrons. The highest BCUT2D eigenvalue weighted by atomic mass is 16.7. The van der Waals surface area contributed by atoms with E-state index in [1.54, 1.807) is 0 Å². The molecule has 0 saturated carbocycles. The van der Waals surface area contributed by atoms with Gasteiger partial charge in [0.2, 0.25) is 12.0 Å². The van der Waals surface area contributed by atoms with Gasteiger partial charge in [0.05, 0.1) is 22.5 Å². The molecular weight excluding hydrogens is 332 g/mol. The number of rotatable bonds is 5. The van der Waals surface area contributed by atoms with Gasteiger partial charge < -0.3 is 29.9 Å². The molecule has 0 aromatic heterocycles. The maximum absolute atomic E-state index is 11.0. The molecule has 1 aromatic rings. The molecule has 1 aliphatic heterocycles. The highest BCUT2D eigenvalue weighted by molar-refractivity contribution is 5.53. The average molecular weight is 346 g/mol. The number of ether oxygens (including phenoxy) is 2. The molecule has 0 spiro atoms. The predicted molar refractivity (Wildman–Crippen MR) is 74.1 cm³/mol. The van der Waals surface area contributed by atoms with Crippen LogP contribution in [-0.4, -0.2) is 67.6 Å². The second-order valence-corrected chi connectivity index (χ2v) is 4.98. The molecule has 132 valence electrons. The molecule has 0 aliphatic carbocycles. The van der Waals surface area contributed by atoms with E-state index in [0.29, 0.717) is 6.07 Å². The Hall–Kier alpha value is -2.38. The average Bonchev–Trinajstić information content (AvgIpc) is 2.55. The Morgan fingerprint density at radius 3 is 2.29 bits per heavy atom. The molecular formula is C12H14N2O10. The van der Waals surface area contributed by atoms with E-state index >= 15 is 0 Å². The van der Waals surface area contributed by atoms with Gasteiger partial charge >= 0.3 is 5.69 Å². The van der Waals surface area contributed by atoms with Crippen molar-refractivity contribution in [3.8, 4) is 5.75 Å². The van der Waals surface area contributed by atoms with Gasteiger partial charge in [0.15, 0.2) is 0 Å². The van der Waals surface area contributed by atoms with Crippen LogP contribution in [0.4, 0.5) is 11.4 Å². The van der Waals surface area contributed by atoms with Crippen molar-refractivity contribution in [3.05, 3.63) is 38.4 Å². The molecule has 1 aliphatic rings. The standard InChI is InChI=1S/C12H14N2O10/c15-4-8-9(16)10(17)11(18)12(24-8)23-7-2-1-5(13(19)20)3-6(7)14(21)22/h1-3,8-12,15-18H,4H2/t8-,9+,10-,11+,12-/m0/s1. The minimum Gasteiger partial charge on any atom is -0.455 e. The zero-order valence-electron chi connectivity index (χ0n) is 12.0. The van der Waals surface area contributed by atoms with Crippen LogP contribution in [0.15, 0.2) is 18.2 Å². The van der Waals surface area contributed by atoms with Gasteiger partial charge in [-0.25, -0.2) is 0 Å². The number of hydrogen-bond donors (Lipinski definition) is 4. The van der Waals surface area contributed by atoms with Crippen LogP contribution >= 0.6 is 0 Å². The van der Waals surface area contributed by atoms with Crippen LogP contribution in [0.25, 0.3) is 0 Å². The first-order chi connectivity index (χ1) is 11.3. The van der Waals surface area contributed by atoms with Crippen LogP contribution in [-0.2, 0) is 4.74 Å². The Balaban J connectivity index is 2.29. The molecule has 5 atom stereocenters. The molecule has 1 aromatic carbocycles. The van der Waals surface area contributed by atoms with Crippen molar-refractivity contribution < 1.29 is 39.7 Å². The van der Waals surface area contributed by atoms with Gasteiger partial charge in [-0.05, 0) is 6.07 Å². The minimum atomic E-state index is -1.77. The number of non-ortho nitro benzene ring substituents is 1. The number of aliphatic hydroxyl groups is 4. The van der Waals surface area contributed by atoms with Crippen molar-refractivity contribution in [2.45, 2.75) is 30.7 Å². The summed E-state index contributed by atoms with van der Waals surface area (Å²) in [6, 6.07) is 2.56. The lowest BCUT2D eigenvalue weighted by Crippen LogP contribution is -2.60. The SMILES string of the molecule is O=[N+]([O-])c1ccc(O[C@H]2O[C@@H](CO)[C@@H](O)[C@H](O)[C@H]2O)c([N+](=O)[O-])c1. The van der Waals surface area contributed by atoms with Crippen LogP contribution in [0.2, 0.25) is 0 Å². The van der Waals surface area contributed by atoms with Gasteiger partial charge in [0, 0.05) is 6.07 Å². The van der Waals surface area contributed by atoms with Crippen molar-refractivity contribution in [1.29, 1.82) is 0 Å². The van der Waals surface area contributed by atoms with E-state index in [9.17, 15) is 35.5 Å². The summed E-state index contributed by atoms with van der Waals surface area (Å²) in [5, 5.41) is 59.9. The zero-order chi connectivity index (χ0) is 18.0. The third-order valence-corrected chi connectivity index (χ3v) is 3.44. The van der Waals surface area contributed by atoms with E-state index in [4.69, 9.17) is 14.6 Å². The number of aliphatic hydroxyl groups excluding tert-OH is 4. The van der Waals surface area contributed by atoms with Gasteiger partial charge in [-0.2, -0.15) is 0 Å². The first-order valence-electron chi connectivity index (χ1n) is 6.66. The normalized spacial score (nSPS) is 29.9. The highest BCUT2D eigenvalue weighted by Gasteiger charge is 2.45. The van der Waals surface area contributed by atoms with Gasteiger partial charge in [-0.3, -0.25) is 20.2 Å². The lowest BCUT2D eigenvalue weighted by atomic mass is 9.99. The summed E-state index contributed by atoms with van der Waals surface area (Å²) in [7, 11) is 0. The van der Waals surface area contributed by atoms with Crippen molar-refractivity contribution in [1.82, 2.24) is 0 Å². The van der Waals surface area contributed by atoms with E-state index in [0.717, 1.165) is 12.1 Å². The lowest BCUT2D eigenvalue weighted by Gasteiger charge is -2.39. The second-order valence-electron chi connectivity index (χ2n) is 4.98. The Labute approximate surface area is 133 Å². The number of nitro groups is 2. The fourth-order valence-electron chi connectivity index (χ4n) is 2.15. The highest BCUT2D eigenvalue weighted by Crippen LogP contribution is 2.33. The number of benzene rings is 1. The quantitative estimate of drug-likeness (QED) is 0.368. The predicted octanol–water partition coefficient (Wildman–Crippen LogP) is -1.32. The number of nitro benzene ring substituents is 2. The van der Waals surface area contributed by atoms with Gasteiger partial charge in [0.25, 0.3) is 5.69 Å². The fraction of sp³-hybridized carbons (Fsp3) is 0.500. The summed E-state index contributed by atoms with van der Waals surface area (Å²) in [5.41, 5.74) is -1.29. The number of nitrogens with zero attached hydrogens (tertiary/aromatic N) is 2. The molecule has 12 heteroatoms. The van der Waals surface area contributed by atoms with Crippen molar-refractivity contribution in [2.24, 2.45) is 0 Å². The molecule has 1 saturated heterocycles. The maximum Gasteiger partial charge on any atom is 0.317 e. The summed E-state index contributed by atoms with van der Waals surface area (Å²) in [5.74, 6) is -0.449. The molecule has 0 amide bonds. The first-order valence-corrected chi connectivity index (χ1v) is 6.66. The smallest absolute Gasteiger partial charge is 0.317 e. The lowest BCUT2D eigenvalue weighted by molar-refractivity contribution is -0.395. The Kier molecular flexibility index (Phi) is 5.26. The van der Waals surface area contributed by atoms with Crippen LogP contribution in [0.5, 0.6) is 5.75 Å². The van der Waals surface area contributed by atoms with Crippen LogP contribution < -0.4 is 4.74 Å². The molecule has 0 unspecified atom stereocenters. The Morgan fingerprint density at radius 1 is 1.08 bits per heavy atom.